The SMILES string of the molecule is CCCNCC(C)CCc1ccnc(N)c1. The van der Waals surface area contributed by atoms with Crippen LogP contribution in [0, 0.1) is 5.92 Å². The lowest BCUT2D eigenvalue weighted by atomic mass is 10.0. The Bertz CT molecular complexity index is 299. The first-order chi connectivity index (χ1) is 7.72. The van der Waals surface area contributed by atoms with Crippen LogP contribution in [-0.4, -0.2) is 18.1 Å². The summed E-state index contributed by atoms with van der Waals surface area (Å²) in [5, 5.41) is 3.45. The molecule has 0 bridgehead atoms. The van der Waals surface area contributed by atoms with Crippen molar-refractivity contribution in [1.29, 1.82) is 0 Å². The number of anilines is 1. The Morgan fingerprint density at radius 2 is 2.31 bits per heavy atom. The van der Waals surface area contributed by atoms with Gasteiger partial charge in [-0.1, -0.05) is 13.8 Å². The quantitative estimate of drug-likeness (QED) is 0.694. The van der Waals surface area contributed by atoms with E-state index in [1.54, 1.807) is 6.20 Å². The van der Waals surface area contributed by atoms with Crippen molar-refractivity contribution in [2.45, 2.75) is 33.1 Å². The van der Waals surface area contributed by atoms with Crippen molar-refractivity contribution in [3.63, 3.8) is 0 Å². The van der Waals surface area contributed by atoms with Crippen LogP contribution in [0.3, 0.4) is 0 Å². The molecule has 1 unspecified atom stereocenters. The van der Waals surface area contributed by atoms with Crippen molar-refractivity contribution in [2.24, 2.45) is 5.92 Å². The molecule has 1 aromatic rings. The number of nitrogen functional groups attached to an aromatic ring is 1. The largest absolute Gasteiger partial charge is 0.384 e. The fraction of sp³-hybridized carbons (Fsp3) is 0.615. The lowest BCUT2D eigenvalue weighted by Gasteiger charge is -2.12. The number of pyridine rings is 1. The van der Waals surface area contributed by atoms with Gasteiger partial charge >= 0.3 is 0 Å². The first kappa shape index (κ1) is 13.0. The van der Waals surface area contributed by atoms with Gasteiger partial charge in [0.1, 0.15) is 5.82 Å². The number of nitrogens with two attached hydrogens (primary N) is 1. The first-order valence-corrected chi connectivity index (χ1v) is 6.13. The summed E-state index contributed by atoms with van der Waals surface area (Å²) >= 11 is 0. The molecule has 1 atom stereocenters. The van der Waals surface area contributed by atoms with E-state index in [9.17, 15) is 0 Å². The number of hydrogen-bond donors (Lipinski definition) is 2. The van der Waals surface area contributed by atoms with Crippen molar-refractivity contribution in [3.8, 4) is 0 Å². The highest BCUT2D eigenvalue weighted by Crippen LogP contribution is 2.10. The van der Waals surface area contributed by atoms with Gasteiger partial charge in [0, 0.05) is 6.20 Å². The van der Waals surface area contributed by atoms with E-state index in [0.29, 0.717) is 11.7 Å². The molecule has 0 spiro atoms. The molecule has 1 heterocycles. The van der Waals surface area contributed by atoms with E-state index < -0.39 is 0 Å². The first-order valence-electron chi connectivity index (χ1n) is 6.13. The Hall–Kier alpha value is -1.09. The molecule has 0 aliphatic heterocycles. The molecule has 16 heavy (non-hydrogen) atoms. The van der Waals surface area contributed by atoms with Gasteiger partial charge in [-0.05, 0) is 56.0 Å². The van der Waals surface area contributed by atoms with E-state index in [-0.39, 0.29) is 0 Å². The summed E-state index contributed by atoms with van der Waals surface area (Å²) in [7, 11) is 0. The minimum absolute atomic E-state index is 0.620. The Balaban J connectivity index is 2.23. The molecule has 0 radical (unpaired) electrons. The minimum Gasteiger partial charge on any atom is -0.384 e. The maximum absolute atomic E-state index is 5.64. The summed E-state index contributed by atoms with van der Waals surface area (Å²) in [6, 6.07) is 4.01. The predicted molar refractivity (Wildman–Crippen MR) is 69.3 cm³/mol. The maximum atomic E-state index is 5.64. The zero-order chi connectivity index (χ0) is 11.8. The Labute approximate surface area is 98.5 Å². The van der Waals surface area contributed by atoms with Gasteiger partial charge in [-0.15, -0.1) is 0 Å². The minimum atomic E-state index is 0.620. The number of nitrogens with zero attached hydrogens (tertiary/aromatic N) is 1. The van der Waals surface area contributed by atoms with Crippen LogP contribution < -0.4 is 11.1 Å². The fourth-order valence-corrected chi connectivity index (χ4v) is 1.69. The monoisotopic (exact) mass is 221 g/mol. The van der Waals surface area contributed by atoms with Gasteiger partial charge in [0.05, 0.1) is 0 Å². The molecular weight excluding hydrogens is 198 g/mol. The third kappa shape index (κ3) is 5.12. The van der Waals surface area contributed by atoms with Crippen LogP contribution in [0.5, 0.6) is 0 Å². The third-order valence-electron chi connectivity index (χ3n) is 2.69. The number of aromatic nitrogens is 1. The second-order valence-electron chi connectivity index (χ2n) is 4.44. The van der Waals surface area contributed by atoms with Gasteiger partial charge in [-0.3, -0.25) is 0 Å². The van der Waals surface area contributed by atoms with E-state index in [4.69, 9.17) is 5.73 Å². The molecular formula is C13H23N3. The molecule has 1 rings (SSSR count). The van der Waals surface area contributed by atoms with Crippen molar-refractivity contribution < 1.29 is 0 Å². The maximum Gasteiger partial charge on any atom is 0.123 e. The predicted octanol–water partition coefficient (Wildman–Crippen LogP) is 2.23. The van der Waals surface area contributed by atoms with Gasteiger partial charge in [0.25, 0.3) is 0 Å². The van der Waals surface area contributed by atoms with Gasteiger partial charge in [0.2, 0.25) is 0 Å². The normalized spacial score (nSPS) is 12.6. The molecule has 0 aliphatic rings. The summed E-state index contributed by atoms with van der Waals surface area (Å²) in [5.41, 5.74) is 6.93. The molecule has 0 fully saturated rings. The van der Waals surface area contributed by atoms with Crippen LogP contribution in [0.4, 0.5) is 5.82 Å². The van der Waals surface area contributed by atoms with Crippen LogP contribution in [0.2, 0.25) is 0 Å². The topological polar surface area (TPSA) is 50.9 Å². The fourth-order valence-electron chi connectivity index (χ4n) is 1.69. The number of rotatable bonds is 7. The van der Waals surface area contributed by atoms with Gasteiger partial charge in [-0.25, -0.2) is 4.98 Å². The van der Waals surface area contributed by atoms with Crippen LogP contribution in [0.25, 0.3) is 0 Å². The summed E-state index contributed by atoms with van der Waals surface area (Å²) < 4.78 is 0. The van der Waals surface area contributed by atoms with E-state index >= 15 is 0 Å². The van der Waals surface area contributed by atoms with E-state index in [0.717, 1.165) is 19.5 Å². The highest BCUT2D eigenvalue weighted by Gasteiger charge is 2.02. The molecule has 0 saturated carbocycles. The second-order valence-corrected chi connectivity index (χ2v) is 4.44. The van der Waals surface area contributed by atoms with Gasteiger partial charge in [0.15, 0.2) is 0 Å². The molecule has 90 valence electrons. The zero-order valence-corrected chi connectivity index (χ0v) is 10.4. The smallest absolute Gasteiger partial charge is 0.123 e. The van der Waals surface area contributed by atoms with E-state index in [1.807, 2.05) is 12.1 Å². The number of hydrogen-bond acceptors (Lipinski definition) is 3. The van der Waals surface area contributed by atoms with Gasteiger partial charge in [-0.2, -0.15) is 0 Å². The number of aryl methyl sites for hydroxylation is 1. The summed E-state index contributed by atoms with van der Waals surface area (Å²) in [4.78, 5) is 3.99. The highest BCUT2D eigenvalue weighted by molar-refractivity contribution is 5.31. The standard InChI is InChI=1S/C13H23N3/c1-3-7-15-10-11(2)4-5-12-6-8-16-13(14)9-12/h6,8-9,11,15H,3-5,7,10H2,1-2H3,(H2,14,16). The Kier molecular flexibility index (Phi) is 5.86. The van der Waals surface area contributed by atoms with Crippen LogP contribution in [0.15, 0.2) is 18.3 Å². The molecule has 0 aromatic carbocycles. The van der Waals surface area contributed by atoms with Crippen molar-refractivity contribution in [2.75, 3.05) is 18.8 Å². The second kappa shape index (κ2) is 7.23. The third-order valence-corrected chi connectivity index (χ3v) is 2.69. The molecule has 0 amide bonds. The zero-order valence-electron chi connectivity index (χ0n) is 10.4. The molecule has 0 saturated heterocycles. The van der Waals surface area contributed by atoms with Crippen LogP contribution in [0.1, 0.15) is 32.3 Å². The average molecular weight is 221 g/mol. The summed E-state index contributed by atoms with van der Waals surface area (Å²) in [5.74, 6) is 1.33. The van der Waals surface area contributed by atoms with Crippen molar-refractivity contribution in [1.82, 2.24) is 10.3 Å². The van der Waals surface area contributed by atoms with E-state index in [1.165, 1.54) is 18.4 Å². The number of nitrogens with one attached hydrogen (secondary N) is 1. The molecule has 1 aromatic heterocycles. The summed E-state index contributed by atoms with van der Waals surface area (Å²) in [6.45, 7) is 6.70. The van der Waals surface area contributed by atoms with Crippen LogP contribution in [-0.2, 0) is 6.42 Å². The van der Waals surface area contributed by atoms with Gasteiger partial charge < -0.3 is 11.1 Å². The average Bonchev–Trinajstić information content (AvgIpc) is 2.27. The molecule has 3 heteroatoms. The Morgan fingerprint density at radius 1 is 1.50 bits per heavy atom. The Morgan fingerprint density at radius 3 is 3.00 bits per heavy atom. The summed E-state index contributed by atoms with van der Waals surface area (Å²) in [6.07, 6.45) is 5.26. The highest BCUT2D eigenvalue weighted by atomic mass is 14.8. The van der Waals surface area contributed by atoms with Crippen molar-refractivity contribution in [3.05, 3.63) is 23.9 Å². The lowest BCUT2D eigenvalue weighted by molar-refractivity contribution is 0.481. The van der Waals surface area contributed by atoms with E-state index in [2.05, 4.69) is 24.1 Å². The molecule has 0 aliphatic carbocycles. The molecule has 3 nitrogen and oxygen atoms in total. The van der Waals surface area contributed by atoms with Crippen molar-refractivity contribution >= 4 is 5.82 Å². The lowest BCUT2D eigenvalue weighted by Crippen LogP contribution is -2.22. The molecule has 3 N–H and O–H groups in total. The van der Waals surface area contributed by atoms with Crippen LogP contribution >= 0.6 is 0 Å².